The summed E-state index contributed by atoms with van der Waals surface area (Å²) >= 11 is 1.69. The number of hydrogen-bond donors (Lipinski definition) is 1. The lowest BCUT2D eigenvalue weighted by molar-refractivity contribution is -0.126. The molecule has 1 fully saturated rings. The number of nitrogens with one attached hydrogen (secondary N) is 1. The summed E-state index contributed by atoms with van der Waals surface area (Å²) in [4.78, 5) is 32.6. The van der Waals surface area contributed by atoms with Crippen molar-refractivity contribution in [3.05, 3.63) is 77.4 Å². The molecular weight excluding hydrogens is 394 g/mol. The molecule has 0 unspecified atom stereocenters. The van der Waals surface area contributed by atoms with Gasteiger partial charge in [-0.2, -0.15) is 0 Å². The first-order valence-corrected chi connectivity index (χ1v) is 11.2. The number of hydrogen-bond acceptors (Lipinski definition) is 4. The van der Waals surface area contributed by atoms with E-state index in [1.165, 1.54) is 4.88 Å². The highest BCUT2D eigenvalue weighted by Crippen LogP contribution is 2.25. The lowest BCUT2D eigenvalue weighted by Crippen LogP contribution is -2.43. The Balaban J connectivity index is 1.24. The number of nitrogens with zero attached hydrogens (tertiary/aromatic N) is 2. The Morgan fingerprint density at radius 1 is 1.03 bits per heavy atom. The third-order valence-electron chi connectivity index (χ3n) is 5.50. The maximum atomic E-state index is 12.8. The minimum absolute atomic E-state index is 0.0287. The van der Waals surface area contributed by atoms with E-state index in [4.69, 9.17) is 0 Å². The average Bonchev–Trinajstić information content (AvgIpc) is 3.34. The van der Waals surface area contributed by atoms with Crippen molar-refractivity contribution >= 4 is 23.2 Å². The number of carbonyl (C=O) groups excluding carboxylic acids is 2. The number of piperidine rings is 1. The van der Waals surface area contributed by atoms with E-state index in [1.54, 1.807) is 17.5 Å². The van der Waals surface area contributed by atoms with Crippen molar-refractivity contribution in [1.82, 2.24) is 15.2 Å². The molecule has 1 aliphatic heterocycles. The van der Waals surface area contributed by atoms with Crippen molar-refractivity contribution in [2.75, 3.05) is 19.6 Å². The fourth-order valence-corrected chi connectivity index (χ4v) is 4.48. The molecule has 0 atom stereocenters. The van der Waals surface area contributed by atoms with Gasteiger partial charge in [-0.05, 0) is 54.1 Å². The first-order valence-electron chi connectivity index (χ1n) is 10.3. The Bertz CT molecular complexity index is 963. The second-order valence-corrected chi connectivity index (χ2v) is 8.43. The van der Waals surface area contributed by atoms with Crippen LogP contribution in [0.1, 0.15) is 28.9 Å². The van der Waals surface area contributed by atoms with Gasteiger partial charge in [0.2, 0.25) is 5.91 Å². The highest BCUT2D eigenvalue weighted by molar-refractivity contribution is 7.13. The van der Waals surface area contributed by atoms with Crippen LogP contribution in [0.2, 0.25) is 0 Å². The van der Waals surface area contributed by atoms with E-state index in [0.717, 1.165) is 17.7 Å². The van der Waals surface area contributed by atoms with Crippen LogP contribution in [0, 0.1) is 5.92 Å². The van der Waals surface area contributed by atoms with E-state index in [9.17, 15) is 9.59 Å². The lowest BCUT2D eigenvalue weighted by Gasteiger charge is -2.31. The second kappa shape index (κ2) is 9.67. The topological polar surface area (TPSA) is 62.3 Å². The van der Waals surface area contributed by atoms with E-state index >= 15 is 0 Å². The van der Waals surface area contributed by atoms with Gasteiger partial charge in [-0.3, -0.25) is 14.6 Å². The molecule has 30 heavy (non-hydrogen) atoms. The van der Waals surface area contributed by atoms with Crippen LogP contribution in [0.4, 0.5) is 0 Å². The van der Waals surface area contributed by atoms with Crippen molar-refractivity contribution in [1.29, 1.82) is 0 Å². The van der Waals surface area contributed by atoms with E-state index < -0.39 is 0 Å². The molecule has 0 radical (unpaired) electrons. The molecule has 5 nitrogen and oxygen atoms in total. The highest BCUT2D eigenvalue weighted by Gasteiger charge is 2.27. The van der Waals surface area contributed by atoms with Gasteiger partial charge >= 0.3 is 0 Å². The maximum Gasteiger partial charge on any atom is 0.253 e. The predicted octanol–water partition coefficient (Wildman–Crippen LogP) is 4.02. The lowest BCUT2D eigenvalue weighted by atomic mass is 9.95. The number of amides is 2. The van der Waals surface area contributed by atoms with E-state index in [2.05, 4.69) is 16.4 Å². The summed E-state index contributed by atoms with van der Waals surface area (Å²) in [6, 6.07) is 17.7. The molecule has 1 saturated heterocycles. The molecule has 3 aromatic rings. The molecule has 4 rings (SSSR count). The zero-order chi connectivity index (χ0) is 20.8. The molecule has 154 valence electrons. The van der Waals surface area contributed by atoms with Crippen molar-refractivity contribution in [3.63, 3.8) is 0 Å². The van der Waals surface area contributed by atoms with Crippen molar-refractivity contribution in [2.24, 2.45) is 5.92 Å². The molecule has 2 aromatic heterocycles. The van der Waals surface area contributed by atoms with Gasteiger partial charge < -0.3 is 10.2 Å². The third-order valence-corrected chi connectivity index (χ3v) is 6.42. The summed E-state index contributed by atoms with van der Waals surface area (Å²) in [7, 11) is 0. The Morgan fingerprint density at radius 2 is 1.83 bits per heavy atom. The molecule has 3 heterocycles. The first-order chi connectivity index (χ1) is 14.7. The first kappa shape index (κ1) is 20.3. The summed E-state index contributed by atoms with van der Waals surface area (Å²) in [5.74, 6) is 0.0963. The standard InChI is InChI=1S/C24H25N3O2S/c28-23(26-14-10-21-4-1-2-13-25-21)19-11-15-27(16-12-19)24(29)20-8-6-18(7-9-20)22-5-3-17-30-22/h1-9,13,17,19H,10-12,14-16H2,(H,26,28). The largest absolute Gasteiger partial charge is 0.355 e. The number of thiophene rings is 1. The van der Waals surface area contributed by atoms with Gasteiger partial charge in [-0.25, -0.2) is 0 Å². The second-order valence-electron chi connectivity index (χ2n) is 7.48. The number of carbonyl (C=O) groups is 2. The molecule has 0 bridgehead atoms. The number of pyridine rings is 1. The average molecular weight is 420 g/mol. The zero-order valence-corrected chi connectivity index (χ0v) is 17.6. The van der Waals surface area contributed by atoms with Crippen LogP contribution in [0.15, 0.2) is 66.2 Å². The van der Waals surface area contributed by atoms with Gasteiger partial charge in [0.05, 0.1) is 0 Å². The number of likely N-dealkylation sites (tertiary alicyclic amines) is 1. The molecule has 0 aliphatic carbocycles. The van der Waals surface area contributed by atoms with Crippen LogP contribution >= 0.6 is 11.3 Å². The normalized spacial score (nSPS) is 14.5. The van der Waals surface area contributed by atoms with Crippen LogP contribution in [0.3, 0.4) is 0 Å². The van der Waals surface area contributed by atoms with E-state index in [0.29, 0.717) is 38.0 Å². The maximum absolute atomic E-state index is 12.8. The predicted molar refractivity (Wildman–Crippen MR) is 119 cm³/mol. The van der Waals surface area contributed by atoms with Gasteiger partial charge in [-0.1, -0.05) is 24.3 Å². The van der Waals surface area contributed by atoms with Gasteiger partial charge in [-0.15, -0.1) is 11.3 Å². The van der Waals surface area contributed by atoms with E-state index in [1.807, 2.05) is 58.8 Å². The van der Waals surface area contributed by atoms with Crippen LogP contribution in [-0.2, 0) is 11.2 Å². The summed E-state index contributed by atoms with van der Waals surface area (Å²) in [6.07, 6.45) is 3.90. The van der Waals surface area contributed by atoms with Gasteiger partial charge in [0.25, 0.3) is 5.91 Å². The smallest absolute Gasteiger partial charge is 0.253 e. The van der Waals surface area contributed by atoms with E-state index in [-0.39, 0.29) is 17.7 Å². The quantitative estimate of drug-likeness (QED) is 0.656. The molecular formula is C24H25N3O2S. The van der Waals surface area contributed by atoms with Crippen LogP contribution in [0.5, 0.6) is 0 Å². The molecule has 1 aromatic carbocycles. The van der Waals surface area contributed by atoms with Gasteiger partial charge in [0.1, 0.15) is 0 Å². The van der Waals surface area contributed by atoms with Crippen molar-refractivity contribution < 1.29 is 9.59 Å². The molecule has 1 aliphatic rings. The van der Waals surface area contributed by atoms with Crippen LogP contribution < -0.4 is 5.32 Å². The zero-order valence-electron chi connectivity index (χ0n) is 16.8. The minimum atomic E-state index is -0.0287. The van der Waals surface area contributed by atoms with Crippen molar-refractivity contribution in [3.8, 4) is 10.4 Å². The monoisotopic (exact) mass is 419 g/mol. The fraction of sp³-hybridized carbons (Fsp3) is 0.292. The molecule has 2 amide bonds. The SMILES string of the molecule is O=C(NCCc1ccccn1)C1CCN(C(=O)c2ccc(-c3cccs3)cc2)CC1. The molecule has 1 N–H and O–H groups in total. The summed E-state index contributed by atoms with van der Waals surface area (Å²) < 4.78 is 0. The summed E-state index contributed by atoms with van der Waals surface area (Å²) in [5.41, 5.74) is 2.81. The molecule has 6 heteroatoms. The molecule has 0 saturated carbocycles. The van der Waals surface area contributed by atoms with Crippen LogP contribution in [-0.4, -0.2) is 41.3 Å². The van der Waals surface area contributed by atoms with Gasteiger partial charge in [0.15, 0.2) is 0 Å². The third kappa shape index (κ3) is 4.94. The van der Waals surface area contributed by atoms with Gasteiger partial charge in [0, 0.05) is 54.3 Å². The minimum Gasteiger partial charge on any atom is -0.355 e. The van der Waals surface area contributed by atoms with Crippen LogP contribution in [0.25, 0.3) is 10.4 Å². The van der Waals surface area contributed by atoms with Crippen molar-refractivity contribution in [2.45, 2.75) is 19.3 Å². The Labute approximate surface area is 180 Å². The number of benzene rings is 1. The Hall–Kier alpha value is -2.99. The Kier molecular flexibility index (Phi) is 6.54. The number of rotatable bonds is 6. The Morgan fingerprint density at radius 3 is 2.50 bits per heavy atom. The summed E-state index contributed by atoms with van der Waals surface area (Å²) in [5, 5.41) is 5.06. The molecule has 0 spiro atoms. The number of aromatic nitrogens is 1. The summed E-state index contributed by atoms with van der Waals surface area (Å²) in [6.45, 7) is 1.82. The fourth-order valence-electron chi connectivity index (χ4n) is 3.75. The highest BCUT2D eigenvalue weighted by atomic mass is 32.1.